The van der Waals surface area contributed by atoms with E-state index >= 15 is 0 Å². The van der Waals surface area contributed by atoms with Crippen molar-refractivity contribution in [3.05, 3.63) is 22.2 Å². The highest BCUT2D eigenvalue weighted by Crippen LogP contribution is 2.39. The van der Waals surface area contributed by atoms with Gasteiger partial charge in [-0.05, 0) is 12.1 Å². The first-order valence-corrected chi connectivity index (χ1v) is 6.39. The summed E-state index contributed by atoms with van der Waals surface area (Å²) in [6.45, 7) is 2.83. The van der Waals surface area contributed by atoms with Crippen LogP contribution in [0.3, 0.4) is 0 Å². The number of carboxylic acids is 1. The summed E-state index contributed by atoms with van der Waals surface area (Å²) in [5.41, 5.74) is 0.947. The van der Waals surface area contributed by atoms with E-state index in [-0.39, 0.29) is 6.79 Å². The average molecular weight is 316 g/mol. The van der Waals surface area contributed by atoms with Gasteiger partial charge in [-0.3, -0.25) is 4.79 Å². The van der Waals surface area contributed by atoms with E-state index in [0.29, 0.717) is 13.1 Å². The van der Waals surface area contributed by atoms with Gasteiger partial charge in [0.05, 0.1) is 5.92 Å². The zero-order chi connectivity index (χ0) is 13.1. The summed E-state index contributed by atoms with van der Waals surface area (Å²) >= 11 is 3.45. The van der Waals surface area contributed by atoms with Crippen LogP contribution in [0.5, 0.6) is 11.5 Å². The van der Waals surface area contributed by atoms with Crippen molar-refractivity contribution in [2.75, 3.05) is 13.3 Å². The van der Waals surface area contributed by atoms with Crippen molar-refractivity contribution in [1.82, 2.24) is 5.32 Å². The lowest BCUT2D eigenvalue weighted by atomic mass is 10.1. The Hall–Kier alpha value is -1.27. The molecular weight excluding hydrogens is 302 g/mol. The molecule has 1 heterocycles. The predicted octanol–water partition coefficient (Wildman–Crippen LogP) is 1.99. The number of ether oxygens (including phenoxy) is 2. The third kappa shape index (κ3) is 2.76. The fourth-order valence-corrected chi connectivity index (χ4v) is 2.12. The van der Waals surface area contributed by atoms with Gasteiger partial charge in [-0.25, -0.2) is 0 Å². The molecule has 0 radical (unpaired) electrons. The quantitative estimate of drug-likeness (QED) is 0.869. The number of hydrogen-bond donors (Lipinski definition) is 2. The molecule has 6 heteroatoms. The van der Waals surface area contributed by atoms with E-state index in [1.54, 1.807) is 6.92 Å². The SMILES string of the molecule is CC(CNCc1c(Br)ccc2c1OCO2)C(=O)O. The second-order valence-electron chi connectivity index (χ2n) is 4.13. The molecule has 0 spiro atoms. The maximum absolute atomic E-state index is 10.7. The third-order valence-electron chi connectivity index (χ3n) is 2.76. The van der Waals surface area contributed by atoms with E-state index in [1.165, 1.54) is 0 Å². The normalized spacial score (nSPS) is 14.6. The number of carboxylic acid groups (broad SMARTS) is 1. The number of carbonyl (C=O) groups is 1. The largest absolute Gasteiger partial charge is 0.481 e. The first-order chi connectivity index (χ1) is 8.59. The van der Waals surface area contributed by atoms with Crippen molar-refractivity contribution in [2.24, 2.45) is 5.92 Å². The number of benzene rings is 1. The molecule has 1 aromatic carbocycles. The molecule has 0 bridgehead atoms. The zero-order valence-corrected chi connectivity index (χ0v) is 11.5. The van der Waals surface area contributed by atoms with Crippen LogP contribution in [-0.2, 0) is 11.3 Å². The van der Waals surface area contributed by atoms with Gasteiger partial charge in [0.2, 0.25) is 6.79 Å². The molecule has 1 atom stereocenters. The highest BCUT2D eigenvalue weighted by atomic mass is 79.9. The van der Waals surface area contributed by atoms with Crippen LogP contribution in [0.4, 0.5) is 0 Å². The van der Waals surface area contributed by atoms with Crippen LogP contribution >= 0.6 is 15.9 Å². The highest BCUT2D eigenvalue weighted by molar-refractivity contribution is 9.10. The van der Waals surface area contributed by atoms with Crippen LogP contribution in [0.15, 0.2) is 16.6 Å². The van der Waals surface area contributed by atoms with Crippen LogP contribution in [0.2, 0.25) is 0 Å². The van der Waals surface area contributed by atoms with Crippen molar-refractivity contribution in [2.45, 2.75) is 13.5 Å². The van der Waals surface area contributed by atoms with Crippen molar-refractivity contribution >= 4 is 21.9 Å². The third-order valence-corrected chi connectivity index (χ3v) is 3.50. The average Bonchev–Trinajstić information content (AvgIpc) is 2.79. The van der Waals surface area contributed by atoms with Crippen LogP contribution < -0.4 is 14.8 Å². The minimum Gasteiger partial charge on any atom is -0.481 e. The molecule has 1 unspecified atom stereocenters. The van der Waals surface area contributed by atoms with Gasteiger partial charge in [0, 0.05) is 23.1 Å². The van der Waals surface area contributed by atoms with E-state index < -0.39 is 11.9 Å². The summed E-state index contributed by atoms with van der Waals surface area (Å²) in [7, 11) is 0. The van der Waals surface area contributed by atoms with Crippen molar-refractivity contribution in [3.8, 4) is 11.5 Å². The van der Waals surface area contributed by atoms with Crippen LogP contribution in [0.1, 0.15) is 12.5 Å². The Bertz CT molecular complexity index is 464. The minimum atomic E-state index is -0.806. The van der Waals surface area contributed by atoms with Gasteiger partial charge in [0.15, 0.2) is 11.5 Å². The van der Waals surface area contributed by atoms with Crippen molar-refractivity contribution in [1.29, 1.82) is 0 Å². The van der Waals surface area contributed by atoms with E-state index in [9.17, 15) is 4.79 Å². The van der Waals surface area contributed by atoms with Gasteiger partial charge in [-0.15, -0.1) is 0 Å². The number of halogens is 1. The maximum Gasteiger partial charge on any atom is 0.307 e. The molecule has 5 nitrogen and oxygen atoms in total. The van der Waals surface area contributed by atoms with Crippen LogP contribution in [0.25, 0.3) is 0 Å². The molecule has 2 rings (SSSR count). The Morgan fingerprint density at radius 2 is 2.33 bits per heavy atom. The predicted molar refractivity (Wildman–Crippen MR) is 68.8 cm³/mol. The van der Waals surface area contributed by atoms with Gasteiger partial charge >= 0.3 is 5.97 Å². The Balaban J connectivity index is 2.02. The standard InChI is InChI=1S/C12H14BrNO4/c1-7(12(15)16)4-14-5-8-9(13)2-3-10-11(8)18-6-17-10/h2-3,7,14H,4-6H2,1H3,(H,15,16). The van der Waals surface area contributed by atoms with Gasteiger partial charge in [-0.1, -0.05) is 22.9 Å². The molecule has 0 aliphatic carbocycles. The first-order valence-electron chi connectivity index (χ1n) is 5.60. The highest BCUT2D eigenvalue weighted by Gasteiger charge is 2.20. The summed E-state index contributed by atoms with van der Waals surface area (Å²) in [5.74, 6) is 0.221. The molecular formula is C12H14BrNO4. The van der Waals surface area contributed by atoms with E-state index in [0.717, 1.165) is 21.5 Å². The summed E-state index contributed by atoms with van der Waals surface area (Å²) in [6, 6.07) is 3.74. The molecule has 18 heavy (non-hydrogen) atoms. The number of hydrogen-bond acceptors (Lipinski definition) is 4. The lowest BCUT2D eigenvalue weighted by molar-refractivity contribution is -0.140. The first kappa shape index (κ1) is 13.2. The lowest BCUT2D eigenvalue weighted by Crippen LogP contribution is -2.26. The topological polar surface area (TPSA) is 67.8 Å². The maximum atomic E-state index is 10.7. The van der Waals surface area contributed by atoms with Gasteiger partial charge in [-0.2, -0.15) is 0 Å². The van der Waals surface area contributed by atoms with Gasteiger partial charge < -0.3 is 19.9 Å². The molecule has 1 aromatic rings. The molecule has 2 N–H and O–H groups in total. The Morgan fingerprint density at radius 1 is 1.56 bits per heavy atom. The number of aliphatic carboxylic acids is 1. The van der Waals surface area contributed by atoms with Crippen molar-refractivity contribution < 1.29 is 19.4 Å². The second-order valence-corrected chi connectivity index (χ2v) is 4.98. The second kappa shape index (κ2) is 5.58. The fourth-order valence-electron chi connectivity index (χ4n) is 1.67. The number of nitrogens with one attached hydrogen (secondary N) is 1. The minimum absolute atomic E-state index is 0.227. The van der Waals surface area contributed by atoms with Crippen LogP contribution in [-0.4, -0.2) is 24.4 Å². The molecule has 0 amide bonds. The van der Waals surface area contributed by atoms with Gasteiger partial charge in [0.25, 0.3) is 0 Å². The Kier molecular flexibility index (Phi) is 4.08. The fraction of sp³-hybridized carbons (Fsp3) is 0.417. The zero-order valence-electron chi connectivity index (χ0n) is 9.90. The van der Waals surface area contributed by atoms with Gasteiger partial charge in [0.1, 0.15) is 0 Å². The van der Waals surface area contributed by atoms with E-state index in [2.05, 4.69) is 21.2 Å². The molecule has 98 valence electrons. The summed E-state index contributed by atoms with van der Waals surface area (Å²) < 4.78 is 11.6. The number of fused-ring (bicyclic) bond motifs is 1. The van der Waals surface area contributed by atoms with Crippen LogP contribution in [0, 0.1) is 5.92 Å². The van der Waals surface area contributed by atoms with Crippen molar-refractivity contribution in [3.63, 3.8) is 0 Å². The van der Waals surface area contributed by atoms with E-state index in [4.69, 9.17) is 14.6 Å². The Morgan fingerprint density at radius 3 is 3.06 bits per heavy atom. The summed E-state index contributed by atoms with van der Waals surface area (Å²) in [5, 5.41) is 11.9. The summed E-state index contributed by atoms with van der Waals surface area (Å²) in [6.07, 6.45) is 0. The lowest BCUT2D eigenvalue weighted by Gasteiger charge is -2.11. The molecule has 0 saturated carbocycles. The van der Waals surface area contributed by atoms with E-state index in [1.807, 2.05) is 12.1 Å². The Labute approximate surface area is 113 Å². The molecule has 1 aliphatic heterocycles. The number of rotatable bonds is 5. The monoisotopic (exact) mass is 315 g/mol. The molecule has 0 fully saturated rings. The molecule has 0 saturated heterocycles. The molecule has 1 aliphatic rings. The summed E-state index contributed by atoms with van der Waals surface area (Å²) in [4.78, 5) is 10.7. The smallest absolute Gasteiger partial charge is 0.307 e. The molecule has 0 aromatic heterocycles.